The molecule has 2 aliphatic rings. The zero-order valence-corrected chi connectivity index (χ0v) is 8.01. The molecule has 0 aromatic rings. The Labute approximate surface area is 74.5 Å². The van der Waals surface area contributed by atoms with Gasteiger partial charge in [0.05, 0.1) is 6.61 Å². The molecule has 0 aliphatic heterocycles. The highest BCUT2D eigenvalue weighted by Gasteiger charge is 2.48. The summed E-state index contributed by atoms with van der Waals surface area (Å²) in [6.07, 6.45) is 6.18. The molecule has 1 nitrogen and oxygen atoms in total. The van der Waals surface area contributed by atoms with Crippen LogP contribution >= 0.6 is 0 Å². The maximum Gasteiger partial charge on any atom is 0.0615 e. The highest BCUT2D eigenvalue weighted by atomic mass is 16.2. The fourth-order valence-electron chi connectivity index (χ4n) is 3.21. The molecule has 2 rings (SSSR count). The zero-order valence-electron chi connectivity index (χ0n) is 8.01. The molecule has 2 atom stereocenters. The second-order valence-corrected chi connectivity index (χ2v) is 4.77. The van der Waals surface area contributed by atoms with Crippen LogP contribution in [0.5, 0.6) is 0 Å². The lowest BCUT2D eigenvalue weighted by Crippen LogP contribution is -2.23. The number of aliphatic hydroxyl groups excluding tert-OH is 1. The lowest BCUT2D eigenvalue weighted by molar-refractivity contribution is 0.280. The van der Waals surface area contributed by atoms with Gasteiger partial charge in [-0.25, -0.2) is 0 Å². The van der Waals surface area contributed by atoms with E-state index in [2.05, 4.69) is 13.8 Å². The lowest BCUT2D eigenvalue weighted by atomic mass is 9.73. The summed E-state index contributed by atoms with van der Waals surface area (Å²) in [5, 5.41) is 8.91. The highest BCUT2D eigenvalue weighted by molar-refractivity contribution is 5.25. The van der Waals surface area contributed by atoms with Crippen molar-refractivity contribution in [2.75, 3.05) is 6.61 Å². The van der Waals surface area contributed by atoms with E-state index in [-0.39, 0.29) is 6.61 Å². The van der Waals surface area contributed by atoms with E-state index in [1.807, 2.05) is 6.08 Å². The molecule has 2 bridgehead atoms. The van der Waals surface area contributed by atoms with Gasteiger partial charge in [-0.1, -0.05) is 25.5 Å². The molecule has 0 heterocycles. The van der Waals surface area contributed by atoms with Crippen molar-refractivity contribution in [2.24, 2.45) is 17.3 Å². The second-order valence-electron chi connectivity index (χ2n) is 4.77. The molecule has 2 saturated carbocycles. The monoisotopic (exact) mass is 166 g/mol. The maximum atomic E-state index is 8.91. The fraction of sp³-hybridized carbons (Fsp3) is 0.818. The zero-order chi connectivity index (χ0) is 8.77. The van der Waals surface area contributed by atoms with Crippen LogP contribution in [0.1, 0.15) is 33.1 Å². The molecule has 0 amide bonds. The molecule has 2 fully saturated rings. The van der Waals surface area contributed by atoms with Crippen molar-refractivity contribution in [3.05, 3.63) is 11.6 Å². The summed E-state index contributed by atoms with van der Waals surface area (Å²) < 4.78 is 0. The molecule has 2 aliphatic carbocycles. The van der Waals surface area contributed by atoms with Gasteiger partial charge in [-0.2, -0.15) is 0 Å². The van der Waals surface area contributed by atoms with Gasteiger partial charge >= 0.3 is 0 Å². The molecule has 1 N–H and O–H groups in total. The van der Waals surface area contributed by atoms with E-state index in [4.69, 9.17) is 5.11 Å². The molecule has 0 aromatic carbocycles. The van der Waals surface area contributed by atoms with Crippen LogP contribution in [0, 0.1) is 17.3 Å². The Hall–Kier alpha value is -0.300. The van der Waals surface area contributed by atoms with Crippen LogP contribution in [0.25, 0.3) is 0 Å². The van der Waals surface area contributed by atoms with E-state index in [0.29, 0.717) is 5.41 Å². The first-order valence-electron chi connectivity index (χ1n) is 4.97. The minimum absolute atomic E-state index is 0.224. The third-order valence-corrected chi connectivity index (χ3v) is 3.95. The first-order valence-corrected chi connectivity index (χ1v) is 4.97. The van der Waals surface area contributed by atoms with Crippen molar-refractivity contribution in [3.8, 4) is 0 Å². The average Bonchev–Trinajstić information content (AvgIpc) is 2.53. The Kier molecular flexibility index (Phi) is 1.80. The van der Waals surface area contributed by atoms with Crippen LogP contribution in [-0.4, -0.2) is 11.7 Å². The molecular formula is C11H18O. The van der Waals surface area contributed by atoms with Gasteiger partial charge in [0, 0.05) is 0 Å². The van der Waals surface area contributed by atoms with Crippen molar-refractivity contribution in [3.63, 3.8) is 0 Å². The van der Waals surface area contributed by atoms with Crippen molar-refractivity contribution in [2.45, 2.75) is 33.1 Å². The molecule has 12 heavy (non-hydrogen) atoms. The number of aliphatic hydroxyl groups is 1. The molecule has 0 radical (unpaired) electrons. The largest absolute Gasteiger partial charge is 0.392 e. The molecule has 0 aromatic heterocycles. The summed E-state index contributed by atoms with van der Waals surface area (Å²) in [5.41, 5.74) is 1.91. The third-order valence-electron chi connectivity index (χ3n) is 3.95. The summed E-state index contributed by atoms with van der Waals surface area (Å²) in [7, 11) is 0. The molecule has 0 saturated heterocycles. The van der Waals surface area contributed by atoms with Crippen molar-refractivity contribution in [1.29, 1.82) is 0 Å². The van der Waals surface area contributed by atoms with E-state index < -0.39 is 0 Å². The van der Waals surface area contributed by atoms with Crippen LogP contribution in [0.4, 0.5) is 0 Å². The molecule has 68 valence electrons. The second kappa shape index (κ2) is 2.59. The quantitative estimate of drug-likeness (QED) is 0.593. The first kappa shape index (κ1) is 8.31. The van der Waals surface area contributed by atoms with Crippen molar-refractivity contribution in [1.82, 2.24) is 0 Å². The van der Waals surface area contributed by atoms with Crippen molar-refractivity contribution < 1.29 is 5.11 Å². The van der Waals surface area contributed by atoms with Gasteiger partial charge in [0.2, 0.25) is 0 Å². The fourth-order valence-corrected chi connectivity index (χ4v) is 3.21. The van der Waals surface area contributed by atoms with Gasteiger partial charge in [-0.15, -0.1) is 0 Å². The summed E-state index contributed by atoms with van der Waals surface area (Å²) in [4.78, 5) is 0. The number of hydrogen-bond acceptors (Lipinski definition) is 1. The Balaban J connectivity index is 2.29. The van der Waals surface area contributed by atoms with Crippen LogP contribution in [0.3, 0.4) is 0 Å². The van der Waals surface area contributed by atoms with Crippen LogP contribution in [0.2, 0.25) is 0 Å². The van der Waals surface area contributed by atoms with Crippen LogP contribution < -0.4 is 0 Å². The van der Waals surface area contributed by atoms with Gasteiger partial charge in [0.25, 0.3) is 0 Å². The number of hydrogen-bond donors (Lipinski definition) is 1. The summed E-state index contributed by atoms with van der Waals surface area (Å²) >= 11 is 0. The van der Waals surface area contributed by atoms with E-state index in [1.54, 1.807) is 0 Å². The van der Waals surface area contributed by atoms with Gasteiger partial charge in [-0.05, 0) is 36.5 Å². The Morgan fingerprint density at radius 3 is 2.75 bits per heavy atom. The highest BCUT2D eigenvalue weighted by Crippen LogP contribution is 2.58. The summed E-state index contributed by atoms with van der Waals surface area (Å²) in [5.74, 6) is 1.69. The standard InChI is InChI=1S/C11H18O/c1-11(2)9-4-3-8(7-9)10(11)5-6-12/h5,8-9,12H,3-4,6-7H2,1-2H3/b10-5-/t8-,9+/m1/s1. The van der Waals surface area contributed by atoms with Gasteiger partial charge in [-0.3, -0.25) is 0 Å². The Morgan fingerprint density at radius 1 is 1.50 bits per heavy atom. The van der Waals surface area contributed by atoms with Crippen LogP contribution in [0.15, 0.2) is 11.6 Å². The Morgan fingerprint density at radius 2 is 2.25 bits per heavy atom. The van der Waals surface area contributed by atoms with E-state index in [9.17, 15) is 0 Å². The Bertz CT molecular complexity index is 215. The minimum atomic E-state index is 0.224. The van der Waals surface area contributed by atoms with E-state index in [0.717, 1.165) is 11.8 Å². The van der Waals surface area contributed by atoms with Crippen LogP contribution in [-0.2, 0) is 0 Å². The normalized spacial score (nSPS) is 41.1. The van der Waals surface area contributed by atoms with Gasteiger partial charge in [0.1, 0.15) is 0 Å². The lowest BCUT2D eigenvalue weighted by Gasteiger charge is -2.32. The van der Waals surface area contributed by atoms with Crippen molar-refractivity contribution >= 4 is 0 Å². The minimum Gasteiger partial charge on any atom is -0.392 e. The predicted molar refractivity (Wildman–Crippen MR) is 49.8 cm³/mol. The van der Waals surface area contributed by atoms with Gasteiger partial charge < -0.3 is 5.11 Å². The molecule has 0 unspecified atom stereocenters. The predicted octanol–water partition coefficient (Wildman–Crippen LogP) is 2.36. The van der Waals surface area contributed by atoms with E-state index in [1.165, 1.54) is 24.8 Å². The smallest absolute Gasteiger partial charge is 0.0615 e. The SMILES string of the molecule is CC1(C)/C(=C\CO)[C@@H]2CC[C@H]1C2. The molecule has 0 spiro atoms. The summed E-state index contributed by atoms with van der Waals surface area (Å²) in [6, 6.07) is 0. The third kappa shape index (κ3) is 0.957. The molecular weight excluding hydrogens is 148 g/mol. The van der Waals surface area contributed by atoms with Gasteiger partial charge in [0.15, 0.2) is 0 Å². The topological polar surface area (TPSA) is 20.2 Å². The summed E-state index contributed by atoms with van der Waals surface area (Å²) in [6.45, 7) is 4.89. The molecule has 1 heteroatoms. The average molecular weight is 166 g/mol. The number of rotatable bonds is 1. The number of fused-ring (bicyclic) bond motifs is 2. The first-order chi connectivity index (χ1) is 5.66. The maximum absolute atomic E-state index is 8.91. The van der Waals surface area contributed by atoms with E-state index >= 15 is 0 Å². The number of allylic oxidation sites excluding steroid dienone is 1.